The first-order valence-corrected chi connectivity index (χ1v) is 12.4. The van der Waals surface area contributed by atoms with Crippen molar-refractivity contribution in [2.45, 2.75) is 13.1 Å². The average molecular weight is 486 g/mol. The van der Waals surface area contributed by atoms with Gasteiger partial charge >= 0.3 is 0 Å². The normalized spacial score (nSPS) is 17.2. The number of phenols is 1. The topological polar surface area (TPSA) is 103 Å². The van der Waals surface area contributed by atoms with E-state index in [1.54, 1.807) is 12.1 Å². The van der Waals surface area contributed by atoms with E-state index in [1.807, 2.05) is 42.5 Å². The van der Waals surface area contributed by atoms with Crippen LogP contribution in [0.2, 0.25) is 0 Å². The number of nitriles is 1. The highest BCUT2D eigenvalue weighted by Gasteiger charge is 2.22. The Hall–Kier alpha value is -3.87. The average Bonchev–Trinajstić information content (AvgIpc) is 2.90. The number of hydrogen-bond acceptors (Lipinski definition) is 8. The Labute approximate surface area is 210 Å². The summed E-state index contributed by atoms with van der Waals surface area (Å²) in [6, 6.07) is 19.0. The standard InChI is InChI=1S/C27H31N7O2/c28-18-21-5-1-3-7-24(21)33-13-9-32(10-14-33)20-23-17-26(36)30-27(29-23)34-15-11-31(12-16-34)19-22-6-2-4-8-25(22)35/h1-8,17,35H,9-16,19-20H2,(H,29,30,36). The highest BCUT2D eigenvalue weighted by molar-refractivity contribution is 5.59. The van der Waals surface area contributed by atoms with Crippen LogP contribution in [0.15, 0.2) is 59.4 Å². The molecule has 9 nitrogen and oxygen atoms in total. The highest BCUT2D eigenvalue weighted by atomic mass is 16.3. The molecule has 3 aromatic rings. The molecular formula is C27H31N7O2. The van der Waals surface area contributed by atoms with Crippen molar-refractivity contribution in [3.8, 4) is 11.8 Å². The minimum atomic E-state index is -0.131. The molecule has 9 heteroatoms. The smallest absolute Gasteiger partial charge is 0.252 e. The quantitative estimate of drug-likeness (QED) is 0.547. The molecule has 0 atom stereocenters. The summed E-state index contributed by atoms with van der Waals surface area (Å²) in [6.45, 7) is 7.84. The Balaban J connectivity index is 1.17. The number of rotatable bonds is 6. The van der Waals surface area contributed by atoms with E-state index >= 15 is 0 Å². The van der Waals surface area contributed by atoms with Gasteiger partial charge in [0, 0.05) is 77.1 Å². The molecule has 0 aliphatic carbocycles. The summed E-state index contributed by atoms with van der Waals surface area (Å²) in [5, 5.41) is 19.5. The molecule has 3 heterocycles. The molecular weight excluding hydrogens is 454 g/mol. The van der Waals surface area contributed by atoms with E-state index in [9.17, 15) is 15.2 Å². The lowest BCUT2D eigenvalue weighted by molar-refractivity contribution is 0.243. The Morgan fingerprint density at radius 3 is 2.22 bits per heavy atom. The van der Waals surface area contributed by atoms with Crippen LogP contribution in [0.3, 0.4) is 0 Å². The van der Waals surface area contributed by atoms with Crippen molar-refractivity contribution in [3.05, 3.63) is 81.8 Å². The largest absolute Gasteiger partial charge is 0.508 e. The van der Waals surface area contributed by atoms with Gasteiger partial charge in [-0.1, -0.05) is 30.3 Å². The molecule has 0 unspecified atom stereocenters. The summed E-state index contributed by atoms with van der Waals surface area (Å²) >= 11 is 0. The van der Waals surface area contributed by atoms with E-state index in [1.165, 1.54) is 0 Å². The summed E-state index contributed by atoms with van der Waals surface area (Å²) in [6.07, 6.45) is 0. The Bertz CT molecular complexity index is 1290. The number of phenolic OH excluding ortho intramolecular Hbond substituents is 1. The number of aromatic amines is 1. The van der Waals surface area contributed by atoms with Gasteiger partial charge in [-0.3, -0.25) is 19.6 Å². The number of nitrogens with zero attached hydrogens (tertiary/aromatic N) is 6. The molecule has 0 radical (unpaired) electrons. The summed E-state index contributed by atoms with van der Waals surface area (Å²) < 4.78 is 0. The first-order chi connectivity index (χ1) is 17.6. The number of anilines is 2. The van der Waals surface area contributed by atoms with Crippen molar-refractivity contribution >= 4 is 11.6 Å². The lowest BCUT2D eigenvalue weighted by Gasteiger charge is -2.36. The maximum absolute atomic E-state index is 12.4. The summed E-state index contributed by atoms with van der Waals surface area (Å²) in [7, 11) is 0. The van der Waals surface area contributed by atoms with Crippen LogP contribution < -0.4 is 15.4 Å². The molecule has 2 aliphatic rings. The predicted octanol–water partition coefficient (Wildman–Crippen LogP) is 1.99. The zero-order chi connectivity index (χ0) is 24.9. The highest BCUT2D eigenvalue weighted by Crippen LogP contribution is 2.22. The molecule has 2 aliphatic heterocycles. The fourth-order valence-corrected chi connectivity index (χ4v) is 4.95. The molecule has 2 fully saturated rings. The second kappa shape index (κ2) is 10.8. The van der Waals surface area contributed by atoms with Crippen LogP contribution in [0, 0.1) is 11.3 Å². The Morgan fingerprint density at radius 2 is 1.50 bits per heavy atom. The summed E-state index contributed by atoms with van der Waals surface area (Å²) in [4.78, 5) is 29.1. The number of para-hydroxylation sites is 2. The van der Waals surface area contributed by atoms with Crippen LogP contribution in [0.5, 0.6) is 5.75 Å². The molecule has 2 N–H and O–H groups in total. The van der Waals surface area contributed by atoms with E-state index in [0.717, 1.165) is 69.3 Å². The van der Waals surface area contributed by atoms with E-state index in [0.29, 0.717) is 30.4 Å². The van der Waals surface area contributed by atoms with Gasteiger partial charge in [0.25, 0.3) is 5.56 Å². The van der Waals surface area contributed by atoms with Gasteiger partial charge in [-0.2, -0.15) is 5.26 Å². The van der Waals surface area contributed by atoms with Crippen molar-refractivity contribution in [2.24, 2.45) is 0 Å². The van der Waals surface area contributed by atoms with E-state index in [2.05, 4.69) is 30.7 Å². The fourth-order valence-electron chi connectivity index (χ4n) is 4.95. The van der Waals surface area contributed by atoms with Crippen molar-refractivity contribution in [1.29, 1.82) is 5.26 Å². The minimum Gasteiger partial charge on any atom is -0.508 e. The monoisotopic (exact) mass is 485 g/mol. The van der Waals surface area contributed by atoms with Gasteiger partial charge in [-0.05, 0) is 18.2 Å². The Kier molecular flexibility index (Phi) is 7.16. The van der Waals surface area contributed by atoms with Gasteiger partial charge in [0.05, 0.1) is 16.9 Å². The molecule has 0 amide bonds. The zero-order valence-electron chi connectivity index (χ0n) is 20.3. The van der Waals surface area contributed by atoms with Crippen LogP contribution in [0.1, 0.15) is 16.8 Å². The van der Waals surface area contributed by atoms with Crippen molar-refractivity contribution in [3.63, 3.8) is 0 Å². The first kappa shape index (κ1) is 23.9. The van der Waals surface area contributed by atoms with Gasteiger partial charge in [-0.15, -0.1) is 0 Å². The molecule has 2 saturated heterocycles. The summed E-state index contributed by atoms with van der Waals surface area (Å²) in [5.41, 5.74) is 3.26. The predicted molar refractivity (Wildman–Crippen MR) is 139 cm³/mol. The molecule has 5 rings (SSSR count). The van der Waals surface area contributed by atoms with Gasteiger partial charge < -0.3 is 14.9 Å². The maximum Gasteiger partial charge on any atom is 0.252 e. The number of H-pyrrole nitrogens is 1. The van der Waals surface area contributed by atoms with Crippen molar-refractivity contribution in [1.82, 2.24) is 19.8 Å². The second-order valence-corrected chi connectivity index (χ2v) is 9.34. The number of hydrogen-bond donors (Lipinski definition) is 2. The number of aromatic nitrogens is 2. The van der Waals surface area contributed by atoms with Gasteiger partial charge in [0.15, 0.2) is 0 Å². The molecule has 0 spiro atoms. The van der Waals surface area contributed by atoms with Crippen LogP contribution in [0.4, 0.5) is 11.6 Å². The van der Waals surface area contributed by atoms with E-state index in [-0.39, 0.29) is 5.56 Å². The maximum atomic E-state index is 12.4. The van der Waals surface area contributed by atoms with Crippen molar-refractivity contribution in [2.75, 3.05) is 62.2 Å². The molecule has 0 saturated carbocycles. The lowest BCUT2D eigenvalue weighted by atomic mass is 10.1. The van der Waals surface area contributed by atoms with Gasteiger partial charge in [0.1, 0.15) is 11.8 Å². The zero-order valence-corrected chi connectivity index (χ0v) is 20.3. The van der Waals surface area contributed by atoms with Gasteiger partial charge in [-0.25, -0.2) is 4.98 Å². The van der Waals surface area contributed by atoms with E-state index < -0.39 is 0 Å². The number of benzene rings is 2. The Morgan fingerprint density at radius 1 is 0.861 bits per heavy atom. The third-order valence-corrected chi connectivity index (χ3v) is 6.96. The molecule has 36 heavy (non-hydrogen) atoms. The fraction of sp³-hybridized carbons (Fsp3) is 0.370. The summed E-state index contributed by atoms with van der Waals surface area (Å²) in [5.74, 6) is 0.954. The van der Waals surface area contributed by atoms with Crippen LogP contribution in [-0.2, 0) is 13.1 Å². The van der Waals surface area contributed by atoms with Crippen LogP contribution in [-0.4, -0.2) is 77.2 Å². The SMILES string of the molecule is N#Cc1ccccc1N1CCN(Cc2cc(=O)[nH]c(N3CCN(Cc4ccccc4O)CC3)n2)CC1. The van der Waals surface area contributed by atoms with Gasteiger partial charge in [0.2, 0.25) is 5.95 Å². The van der Waals surface area contributed by atoms with Crippen LogP contribution in [0.25, 0.3) is 0 Å². The number of aromatic hydroxyl groups is 1. The van der Waals surface area contributed by atoms with E-state index in [4.69, 9.17) is 4.98 Å². The molecule has 186 valence electrons. The van der Waals surface area contributed by atoms with Crippen molar-refractivity contribution < 1.29 is 5.11 Å². The first-order valence-electron chi connectivity index (χ1n) is 12.4. The second-order valence-electron chi connectivity index (χ2n) is 9.34. The third kappa shape index (κ3) is 5.51. The molecule has 0 bridgehead atoms. The third-order valence-electron chi connectivity index (χ3n) is 6.96. The molecule has 1 aromatic heterocycles. The van der Waals surface area contributed by atoms with Crippen LogP contribution >= 0.6 is 0 Å². The lowest BCUT2D eigenvalue weighted by Crippen LogP contribution is -2.47. The molecule has 2 aromatic carbocycles. The number of nitrogens with one attached hydrogen (secondary N) is 1. The number of piperazine rings is 2. The minimum absolute atomic E-state index is 0.131.